The number of aryl methyl sites for hydroxylation is 1. The van der Waals surface area contributed by atoms with Crippen LogP contribution in [0.5, 0.6) is 5.75 Å². The van der Waals surface area contributed by atoms with Gasteiger partial charge in [-0.3, -0.25) is 0 Å². The van der Waals surface area contributed by atoms with E-state index in [9.17, 15) is 0 Å². The Hall–Kier alpha value is -1.97. The van der Waals surface area contributed by atoms with E-state index in [0.29, 0.717) is 5.92 Å². The molecule has 112 valence electrons. The molecule has 0 saturated carbocycles. The van der Waals surface area contributed by atoms with Gasteiger partial charge in [0.25, 0.3) is 0 Å². The number of nitrogens with zero attached hydrogens (tertiary/aromatic N) is 2. The largest absolute Gasteiger partial charge is 0.493 e. The summed E-state index contributed by atoms with van der Waals surface area (Å²) in [6.07, 6.45) is 2.01. The third-order valence-corrected chi connectivity index (χ3v) is 4.11. The van der Waals surface area contributed by atoms with Crippen molar-refractivity contribution >= 4 is 5.82 Å². The second kappa shape index (κ2) is 5.43. The standard InChI is InChI=1S/C17H23N3O/c1-11(2)13-6-4-7-14-15(8-5-9-21-17(13)14)20-16(18)10-12(3)19-20/h4,6-7,10-11,15H,5,8-9,18H2,1-3H3. The van der Waals surface area contributed by atoms with Crippen molar-refractivity contribution in [2.75, 3.05) is 12.3 Å². The van der Waals surface area contributed by atoms with E-state index in [1.165, 1.54) is 11.1 Å². The zero-order valence-corrected chi connectivity index (χ0v) is 13.0. The van der Waals surface area contributed by atoms with Crippen LogP contribution in [0.3, 0.4) is 0 Å². The molecule has 1 aromatic carbocycles. The lowest BCUT2D eigenvalue weighted by atomic mass is 9.95. The van der Waals surface area contributed by atoms with Crippen LogP contribution in [-0.4, -0.2) is 16.4 Å². The van der Waals surface area contributed by atoms with Crippen LogP contribution >= 0.6 is 0 Å². The molecule has 0 radical (unpaired) electrons. The third kappa shape index (κ3) is 2.50. The molecule has 1 unspecified atom stereocenters. The number of ether oxygens (including phenoxy) is 1. The summed E-state index contributed by atoms with van der Waals surface area (Å²) in [4.78, 5) is 0. The van der Waals surface area contributed by atoms with Crippen LogP contribution in [0, 0.1) is 6.92 Å². The average Bonchev–Trinajstić information content (AvgIpc) is 2.66. The van der Waals surface area contributed by atoms with E-state index in [0.717, 1.165) is 36.7 Å². The van der Waals surface area contributed by atoms with Gasteiger partial charge in [0, 0.05) is 11.6 Å². The normalized spacial score (nSPS) is 18.2. The minimum atomic E-state index is 0.162. The Morgan fingerprint density at radius 2 is 2.19 bits per heavy atom. The van der Waals surface area contributed by atoms with Crippen molar-refractivity contribution in [1.82, 2.24) is 9.78 Å². The average molecular weight is 285 g/mol. The first-order chi connectivity index (χ1) is 10.1. The lowest BCUT2D eigenvalue weighted by Crippen LogP contribution is -2.14. The summed E-state index contributed by atoms with van der Waals surface area (Å²) in [5.41, 5.74) is 9.56. The van der Waals surface area contributed by atoms with E-state index in [1.54, 1.807) is 0 Å². The van der Waals surface area contributed by atoms with Crippen molar-refractivity contribution in [2.24, 2.45) is 0 Å². The summed E-state index contributed by atoms with van der Waals surface area (Å²) in [5.74, 6) is 2.19. The Morgan fingerprint density at radius 3 is 2.86 bits per heavy atom. The second-order valence-corrected chi connectivity index (χ2v) is 6.08. The van der Waals surface area contributed by atoms with Crippen LogP contribution in [0.2, 0.25) is 0 Å². The maximum Gasteiger partial charge on any atom is 0.128 e. The minimum absolute atomic E-state index is 0.162. The number of nitrogens with two attached hydrogens (primary N) is 1. The number of rotatable bonds is 2. The molecule has 0 bridgehead atoms. The quantitative estimate of drug-likeness (QED) is 0.916. The molecule has 1 aliphatic heterocycles. The summed E-state index contributed by atoms with van der Waals surface area (Å²) in [6, 6.07) is 8.51. The molecule has 0 spiro atoms. The zero-order valence-electron chi connectivity index (χ0n) is 13.0. The summed E-state index contributed by atoms with van der Waals surface area (Å²) in [5, 5.41) is 4.59. The Bertz CT molecular complexity index is 645. The zero-order chi connectivity index (χ0) is 15.0. The van der Waals surface area contributed by atoms with E-state index in [4.69, 9.17) is 10.5 Å². The van der Waals surface area contributed by atoms with Crippen molar-refractivity contribution in [3.8, 4) is 5.75 Å². The molecule has 3 rings (SSSR count). The molecule has 0 fully saturated rings. The smallest absolute Gasteiger partial charge is 0.128 e. The summed E-state index contributed by atoms with van der Waals surface area (Å²) in [7, 11) is 0. The van der Waals surface area contributed by atoms with Gasteiger partial charge >= 0.3 is 0 Å². The molecule has 0 amide bonds. The molecule has 2 aromatic rings. The number of para-hydroxylation sites is 1. The number of aromatic nitrogens is 2. The van der Waals surface area contributed by atoms with Crippen LogP contribution in [0.1, 0.15) is 55.5 Å². The van der Waals surface area contributed by atoms with E-state index in [1.807, 2.05) is 17.7 Å². The number of hydrogen-bond donors (Lipinski definition) is 1. The Balaban J connectivity index is 2.13. The van der Waals surface area contributed by atoms with Crippen LogP contribution in [0.4, 0.5) is 5.82 Å². The number of fused-ring (bicyclic) bond motifs is 1. The van der Waals surface area contributed by atoms with Crippen LogP contribution in [0.15, 0.2) is 24.3 Å². The van der Waals surface area contributed by atoms with Gasteiger partial charge in [-0.25, -0.2) is 4.68 Å². The van der Waals surface area contributed by atoms with Crippen molar-refractivity contribution < 1.29 is 4.74 Å². The fraction of sp³-hybridized carbons (Fsp3) is 0.471. The van der Waals surface area contributed by atoms with E-state index in [-0.39, 0.29) is 6.04 Å². The highest BCUT2D eigenvalue weighted by molar-refractivity contribution is 5.47. The second-order valence-electron chi connectivity index (χ2n) is 6.08. The minimum Gasteiger partial charge on any atom is -0.493 e. The molecule has 2 N–H and O–H groups in total. The molecular formula is C17H23N3O. The number of benzene rings is 1. The Morgan fingerprint density at radius 1 is 1.38 bits per heavy atom. The first kappa shape index (κ1) is 14.0. The highest BCUT2D eigenvalue weighted by atomic mass is 16.5. The molecule has 0 saturated heterocycles. The van der Waals surface area contributed by atoms with E-state index < -0.39 is 0 Å². The van der Waals surface area contributed by atoms with Gasteiger partial charge in [0.1, 0.15) is 11.6 Å². The van der Waals surface area contributed by atoms with Crippen LogP contribution in [0.25, 0.3) is 0 Å². The predicted molar refractivity (Wildman–Crippen MR) is 84.8 cm³/mol. The Labute approximate surface area is 125 Å². The maximum absolute atomic E-state index is 6.14. The van der Waals surface area contributed by atoms with Crippen LogP contribution in [-0.2, 0) is 0 Å². The van der Waals surface area contributed by atoms with Crippen molar-refractivity contribution in [3.05, 3.63) is 41.1 Å². The predicted octanol–water partition coefficient (Wildman–Crippen LogP) is 3.66. The topological polar surface area (TPSA) is 53.1 Å². The van der Waals surface area contributed by atoms with Gasteiger partial charge in [0.2, 0.25) is 0 Å². The fourth-order valence-corrected chi connectivity index (χ4v) is 3.10. The summed E-state index contributed by atoms with van der Waals surface area (Å²) < 4.78 is 8.01. The van der Waals surface area contributed by atoms with E-state index in [2.05, 4.69) is 37.1 Å². The molecular weight excluding hydrogens is 262 g/mol. The lowest BCUT2D eigenvalue weighted by Gasteiger charge is -2.21. The molecule has 21 heavy (non-hydrogen) atoms. The number of anilines is 1. The van der Waals surface area contributed by atoms with Gasteiger partial charge < -0.3 is 10.5 Å². The fourth-order valence-electron chi connectivity index (χ4n) is 3.10. The van der Waals surface area contributed by atoms with Gasteiger partial charge in [-0.1, -0.05) is 32.0 Å². The molecule has 4 heteroatoms. The number of hydrogen-bond acceptors (Lipinski definition) is 3. The van der Waals surface area contributed by atoms with Gasteiger partial charge in [0.15, 0.2) is 0 Å². The first-order valence-corrected chi connectivity index (χ1v) is 7.65. The van der Waals surface area contributed by atoms with E-state index >= 15 is 0 Å². The Kier molecular flexibility index (Phi) is 3.62. The molecule has 4 nitrogen and oxygen atoms in total. The molecule has 1 aliphatic rings. The highest BCUT2D eigenvalue weighted by Crippen LogP contribution is 2.39. The summed E-state index contributed by atoms with van der Waals surface area (Å²) in [6.45, 7) is 7.13. The SMILES string of the molecule is Cc1cc(N)n(C2CCCOc3c(C(C)C)cccc32)n1. The monoisotopic (exact) mass is 285 g/mol. The first-order valence-electron chi connectivity index (χ1n) is 7.65. The molecule has 0 aliphatic carbocycles. The van der Waals surface area contributed by atoms with Crippen molar-refractivity contribution in [2.45, 2.75) is 45.6 Å². The lowest BCUT2D eigenvalue weighted by molar-refractivity contribution is 0.311. The molecule has 2 heterocycles. The maximum atomic E-state index is 6.14. The van der Waals surface area contributed by atoms with Gasteiger partial charge in [-0.15, -0.1) is 0 Å². The number of nitrogen functional groups attached to an aromatic ring is 1. The van der Waals surface area contributed by atoms with Crippen molar-refractivity contribution in [3.63, 3.8) is 0 Å². The molecule has 1 aromatic heterocycles. The van der Waals surface area contributed by atoms with Gasteiger partial charge in [0.05, 0.1) is 18.3 Å². The third-order valence-electron chi connectivity index (χ3n) is 4.11. The van der Waals surface area contributed by atoms with Crippen LogP contribution < -0.4 is 10.5 Å². The van der Waals surface area contributed by atoms with Gasteiger partial charge in [-0.05, 0) is 31.2 Å². The van der Waals surface area contributed by atoms with Crippen molar-refractivity contribution in [1.29, 1.82) is 0 Å². The molecule has 1 atom stereocenters. The summed E-state index contributed by atoms with van der Waals surface area (Å²) >= 11 is 0. The highest BCUT2D eigenvalue weighted by Gasteiger charge is 2.26. The van der Waals surface area contributed by atoms with Gasteiger partial charge in [-0.2, -0.15) is 5.10 Å².